The Morgan fingerprint density at radius 1 is 1.18 bits per heavy atom. The number of Topliss-reactive ketones (excluding diaryl/α,β-unsaturated/α-hetero) is 1. The minimum atomic E-state index is -0.492. The second-order valence-electron chi connectivity index (χ2n) is 8.64. The Kier molecular flexibility index (Phi) is 7.37. The van der Waals surface area contributed by atoms with Gasteiger partial charge in [-0.3, -0.25) is 4.79 Å². The van der Waals surface area contributed by atoms with Gasteiger partial charge in [0, 0.05) is 45.1 Å². The summed E-state index contributed by atoms with van der Waals surface area (Å²) in [4.78, 5) is 27.9. The second-order valence-corrected chi connectivity index (χ2v) is 10.1. The Morgan fingerprint density at radius 2 is 1.94 bits per heavy atom. The summed E-state index contributed by atoms with van der Waals surface area (Å²) >= 11 is 7.80. The van der Waals surface area contributed by atoms with Gasteiger partial charge >= 0.3 is 5.97 Å². The molecule has 1 aliphatic carbocycles. The van der Waals surface area contributed by atoms with Crippen LogP contribution < -0.4 is 5.32 Å². The number of esters is 1. The van der Waals surface area contributed by atoms with Crippen LogP contribution in [0.4, 0.5) is 0 Å². The van der Waals surface area contributed by atoms with E-state index in [2.05, 4.69) is 11.4 Å². The van der Waals surface area contributed by atoms with Crippen molar-refractivity contribution in [2.24, 2.45) is 0 Å². The highest BCUT2D eigenvalue weighted by atomic mass is 35.5. The third kappa shape index (κ3) is 5.24. The zero-order chi connectivity index (χ0) is 23.5. The summed E-state index contributed by atoms with van der Waals surface area (Å²) in [6.07, 6.45) is 1.22. The Bertz CT molecular complexity index is 1090. The number of rotatable bonds is 7. The Hall–Kier alpha value is -2.41. The van der Waals surface area contributed by atoms with Gasteiger partial charge in [-0.2, -0.15) is 0 Å². The van der Waals surface area contributed by atoms with Crippen LogP contribution in [0.2, 0.25) is 5.02 Å². The molecule has 0 radical (unpaired) electrons. The van der Waals surface area contributed by atoms with Crippen LogP contribution in [0.15, 0.2) is 64.3 Å². The Labute approximate surface area is 203 Å². The lowest BCUT2D eigenvalue weighted by molar-refractivity contribution is -0.141. The lowest BCUT2D eigenvalue weighted by atomic mass is 9.72. The first-order valence-corrected chi connectivity index (χ1v) is 12.4. The summed E-state index contributed by atoms with van der Waals surface area (Å²) in [5.74, 6) is -0.729. The Morgan fingerprint density at radius 3 is 2.61 bits per heavy atom. The highest BCUT2D eigenvalue weighted by Crippen LogP contribution is 2.46. The van der Waals surface area contributed by atoms with E-state index in [4.69, 9.17) is 21.1 Å². The van der Waals surface area contributed by atoms with Crippen LogP contribution in [0.3, 0.4) is 0 Å². The van der Waals surface area contributed by atoms with Crippen molar-refractivity contribution >= 4 is 34.7 Å². The van der Waals surface area contributed by atoms with Crippen molar-refractivity contribution in [2.45, 2.75) is 51.6 Å². The molecule has 0 spiro atoms. The number of ketones is 1. The fourth-order valence-corrected chi connectivity index (χ4v) is 5.48. The molecule has 5 nitrogen and oxygen atoms in total. The summed E-state index contributed by atoms with van der Waals surface area (Å²) in [5, 5.41) is 6.02. The standard InChI is InChI=1S/C26H28ClNO4S/c1-15(2)31-10-11-32-26(30)23-16(3)28-20-13-18(22-5-4-12-33-22)14-21(29)25(20)24(23)17-6-8-19(27)9-7-17/h4-9,12,15,18,24,28H,10-11,13-14H2,1-3H3/t18-,24-/m1/s1. The SMILES string of the molecule is CC1=C(C(=O)OCCOC(C)C)[C@@H](c2ccc(Cl)cc2)C2=C(C[C@@H](c3cccs3)CC2=O)N1. The summed E-state index contributed by atoms with van der Waals surface area (Å²) in [5.41, 5.74) is 3.57. The van der Waals surface area contributed by atoms with Gasteiger partial charge in [-0.25, -0.2) is 4.79 Å². The first kappa shape index (κ1) is 23.7. The third-order valence-electron chi connectivity index (χ3n) is 5.96. The number of ether oxygens (including phenoxy) is 2. The molecule has 174 valence electrons. The molecule has 2 aromatic rings. The predicted octanol–water partition coefficient (Wildman–Crippen LogP) is 5.73. The Balaban J connectivity index is 1.67. The summed E-state index contributed by atoms with van der Waals surface area (Å²) in [7, 11) is 0. The van der Waals surface area contributed by atoms with Crippen LogP contribution in [0.1, 0.15) is 55.9 Å². The van der Waals surface area contributed by atoms with Crippen LogP contribution in [0.5, 0.6) is 0 Å². The quantitative estimate of drug-likeness (QED) is 0.400. The topological polar surface area (TPSA) is 64.6 Å². The number of hydrogen-bond donors (Lipinski definition) is 1. The van der Waals surface area contributed by atoms with E-state index in [0.29, 0.717) is 34.9 Å². The van der Waals surface area contributed by atoms with Gasteiger partial charge in [0.25, 0.3) is 0 Å². The van der Waals surface area contributed by atoms with E-state index in [-0.39, 0.29) is 24.4 Å². The number of carbonyl (C=O) groups is 2. The van der Waals surface area contributed by atoms with Gasteiger partial charge in [0.2, 0.25) is 0 Å². The number of hydrogen-bond acceptors (Lipinski definition) is 6. The molecule has 0 unspecified atom stereocenters. The number of benzene rings is 1. The molecule has 2 atom stereocenters. The maximum absolute atomic E-state index is 13.5. The number of carbonyl (C=O) groups excluding carboxylic acids is 2. The normalized spacial score (nSPS) is 20.7. The van der Waals surface area contributed by atoms with Gasteiger partial charge in [0.15, 0.2) is 5.78 Å². The minimum absolute atomic E-state index is 0.0584. The van der Waals surface area contributed by atoms with Crippen molar-refractivity contribution in [1.82, 2.24) is 5.32 Å². The maximum atomic E-state index is 13.5. The summed E-state index contributed by atoms with van der Waals surface area (Å²) in [6.45, 7) is 6.21. The number of halogens is 1. The molecule has 2 aliphatic rings. The molecule has 0 amide bonds. The average Bonchev–Trinajstić information content (AvgIpc) is 3.31. The largest absolute Gasteiger partial charge is 0.460 e. The van der Waals surface area contributed by atoms with Crippen molar-refractivity contribution in [1.29, 1.82) is 0 Å². The first-order chi connectivity index (χ1) is 15.8. The second kappa shape index (κ2) is 10.2. The summed E-state index contributed by atoms with van der Waals surface area (Å²) < 4.78 is 11.0. The van der Waals surface area contributed by atoms with E-state index in [0.717, 1.165) is 17.7 Å². The van der Waals surface area contributed by atoms with Gasteiger partial charge in [-0.1, -0.05) is 29.8 Å². The smallest absolute Gasteiger partial charge is 0.336 e. The molecule has 7 heteroatoms. The van der Waals surface area contributed by atoms with Crippen molar-refractivity contribution in [2.75, 3.05) is 13.2 Å². The van der Waals surface area contributed by atoms with Crippen LogP contribution >= 0.6 is 22.9 Å². The van der Waals surface area contributed by atoms with Gasteiger partial charge in [0.1, 0.15) is 6.61 Å². The molecular weight excluding hydrogens is 458 g/mol. The van der Waals surface area contributed by atoms with Crippen molar-refractivity contribution in [3.8, 4) is 0 Å². The van der Waals surface area contributed by atoms with Crippen molar-refractivity contribution in [3.05, 3.63) is 79.8 Å². The van der Waals surface area contributed by atoms with Crippen LogP contribution in [0, 0.1) is 0 Å². The molecule has 0 bridgehead atoms. The van der Waals surface area contributed by atoms with Crippen LogP contribution in [-0.4, -0.2) is 31.1 Å². The highest BCUT2D eigenvalue weighted by Gasteiger charge is 2.41. The molecule has 1 aliphatic heterocycles. The van der Waals surface area contributed by atoms with Crippen LogP contribution in [-0.2, 0) is 19.1 Å². The first-order valence-electron chi connectivity index (χ1n) is 11.2. The third-order valence-corrected chi connectivity index (χ3v) is 7.25. The van der Waals surface area contributed by atoms with Crippen molar-refractivity contribution in [3.63, 3.8) is 0 Å². The average molecular weight is 486 g/mol. The van der Waals surface area contributed by atoms with E-state index in [9.17, 15) is 9.59 Å². The number of dihydropyridines is 1. The molecule has 4 rings (SSSR count). The van der Waals surface area contributed by atoms with Gasteiger partial charge in [-0.15, -0.1) is 11.3 Å². The minimum Gasteiger partial charge on any atom is -0.460 e. The maximum Gasteiger partial charge on any atom is 0.336 e. The van der Waals surface area contributed by atoms with E-state index < -0.39 is 11.9 Å². The highest BCUT2D eigenvalue weighted by molar-refractivity contribution is 7.10. The van der Waals surface area contributed by atoms with E-state index in [1.165, 1.54) is 4.88 Å². The molecule has 0 fully saturated rings. The fourth-order valence-electron chi connectivity index (χ4n) is 4.52. The van der Waals surface area contributed by atoms with Crippen molar-refractivity contribution < 1.29 is 19.1 Å². The molecule has 1 aromatic heterocycles. The fraction of sp³-hybridized carbons (Fsp3) is 0.385. The zero-order valence-corrected chi connectivity index (χ0v) is 20.6. The summed E-state index contributed by atoms with van der Waals surface area (Å²) in [6, 6.07) is 11.4. The van der Waals surface area contributed by atoms with E-state index in [1.54, 1.807) is 23.5 Å². The lowest BCUT2D eigenvalue weighted by Crippen LogP contribution is -2.36. The molecular formula is C26H28ClNO4S. The molecule has 0 saturated carbocycles. The molecule has 2 heterocycles. The van der Waals surface area contributed by atoms with Gasteiger partial charge in [0.05, 0.1) is 18.3 Å². The number of nitrogens with one attached hydrogen (secondary N) is 1. The van der Waals surface area contributed by atoms with E-state index >= 15 is 0 Å². The predicted molar refractivity (Wildman–Crippen MR) is 130 cm³/mol. The molecule has 1 aromatic carbocycles. The number of allylic oxidation sites excluding steroid dienone is 3. The van der Waals surface area contributed by atoms with Gasteiger partial charge in [-0.05, 0) is 56.3 Å². The van der Waals surface area contributed by atoms with E-state index in [1.807, 2.05) is 44.4 Å². The lowest BCUT2D eigenvalue weighted by Gasteiger charge is -2.36. The molecule has 1 N–H and O–H groups in total. The molecule has 0 saturated heterocycles. The monoisotopic (exact) mass is 485 g/mol. The van der Waals surface area contributed by atoms with Crippen LogP contribution in [0.25, 0.3) is 0 Å². The number of thiophene rings is 1. The van der Waals surface area contributed by atoms with Gasteiger partial charge < -0.3 is 14.8 Å². The zero-order valence-electron chi connectivity index (χ0n) is 19.0. The molecule has 33 heavy (non-hydrogen) atoms.